The summed E-state index contributed by atoms with van der Waals surface area (Å²) in [5, 5.41) is 3.28. The Kier molecular flexibility index (Phi) is 3.72. The van der Waals surface area contributed by atoms with Crippen LogP contribution in [0.2, 0.25) is 5.02 Å². The number of carbonyl (C=O) groups excluding carboxylic acids is 1. The van der Waals surface area contributed by atoms with Crippen LogP contribution in [0.3, 0.4) is 0 Å². The first-order chi connectivity index (χ1) is 6.97. The summed E-state index contributed by atoms with van der Waals surface area (Å²) >= 11 is 5.92. The van der Waals surface area contributed by atoms with Gasteiger partial charge in [-0.15, -0.1) is 0 Å². The van der Waals surface area contributed by atoms with Gasteiger partial charge in [-0.3, -0.25) is 4.79 Å². The lowest BCUT2D eigenvalue weighted by Crippen LogP contribution is -2.37. The van der Waals surface area contributed by atoms with E-state index in [2.05, 4.69) is 5.32 Å². The van der Waals surface area contributed by atoms with Crippen LogP contribution in [0, 0.1) is 5.41 Å². The summed E-state index contributed by atoms with van der Waals surface area (Å²) in [4.78, 5) is 11.8. The highest BCUT2D eigenvalue weighted by molar-refractivity contribution is 6.33. The molecule has 3 nitrogen and oxygen atoms in total. The van der Waals surface area contributed by atoms with Crippen molar-refractivity contribution in [2.75, 3.05) is 11.9 Å². The average Bonchev–Trinajstić information content (AvgIpc) is 2.21. The fraction of sp³-hybridized carbons (Fsp3) is 0.364. The van der Waals surface area contributed by atoms with Gasteiger partial charge < -0.3 is 11.1 Å². The van der Waals surface area contributed by atoms with E-state index >= 15 is 0 Å². The molecule has 1 amide bonds. The first-order valence-corrected chi connectivity index (χ1v) is 5.11. The molecule has 0 fully saturated rings. The van der Waals surface area contributed by atoms with Crippen LogP contribution in [0.1, 0.15) is 13.8 Å². The van der Waals surface area contributed by atoms with Gasteiger partial charge in [0.1, 0.15) is 0 Å². The number of anilines is 1. The van der Waals surface area contributed by atoms with Crippen molar-refractivity contribution in [1.82, 2.24) is 0 Å². The van der Waals surface area contributed by atoms with E-state index in [0.717, 1.165) is 0 Å². The van der Waals surface area contributed by atoms with Gasteiger partial charge in [0.2, 0.25) is 5.91 Å². The molecular weight excluding hydrogens is 212 g/mol. The van der Waals surface area contributed by atoms with E-state index in [0.29, 0.717) is 17.3 Å². The van der Waals surface area contributed by atoms with Crippen molar-refractivity contribution in [2.45, 2.75) is 13.8 Å². The molecular formula is C11H15ClN2O. The molecule has 0 unspecified atom stereocenters. The molecule has 0 aliphatic heterocycles. The van der Waals surface area contributed by atoms with Gasteiger partial charge >= 0.3 is 0 Å². The van der Waals surface area contributed by atoms with Gasteiger partial charge in [-0.1, -0.05) is 23.7 Å². The second-order valence-electron chi connectivity index (χ2n) is 4.02. The fourth-order valence-corrected chi connectivity index (χ4v) is 1.13. The van der Waals surface area contributed by atoms with E-state index in [1.807, 2.05) is 12.1 Å². The molecule has 1 aromatic rings. The van der Waals surface area contributed by atoms with E-state index in [1.54, 1.807) is 26.0 Å². The Morgan fingerprint density at radius 2 is 2.07 bits per heavy atom. The molecule has 0 aliphatic rings. The minimum Gasteiger partial charge on any atom is -0.329 e. The third kappa shape index (κ3) is 2.94. The number of carbonyl (C=O) groups is 1. The standard InChI is InChI=1S/C11H15ClN2O/c1-11(2,7-13)10(15)14-9-6-4-3-5-8(9)12/h3-6H,7,13H2,1-2H3,(H,14,15). The summed E-state index contributed by atoms with van der Waals surface area (Å²) < 4.78 is 0. The minimum atomic E-state index is -0.584. The molecule has 4 heteroatoms. The summed E-state index contributed by atoms with van der Waals surface area (Å²) in [5.41, 5.74) is 5.54. The Morgan fingerprint density at radius 3 is 2.60 bits per heavy atom. The molecule has 0 atom stereocenters. The zero-order valence-corrected chi connectivity index (χ0v) is 9.64. The van der Waals surface area contributed by atoms with E-state index in [4.69, 9.17) is 17.3 Å². The van der Waals surface area contributed by atoms with Gasteiger partial charge in [0.05, 0.1) is 16.1 Å². The van der Waals surface area contributed by atoms with Crippen LogP contribution in [-0.4, -0.2) is 12.5 Å². The lowest BCUT2D eigenvalue weighted by atomic mass is 9.92. The Morgan fingerprint density at radius 1 is 1.47 bits per heavy atom. The normalized spacial score (nSPS) is 11.2. The Bertz CT molecular complexity index is 363. The Labute approximate surface area is 94.6 Å². The number of hydrogen-bond donors (Lipinski definition) is 2. The van der Waals surface area contributed by atoms with Gasteiger partial charge in [-0.05, 0) is 26.0 Å². The number of amides is 1. The van der Waals surface area contributed by atoms with Gasteiger partial charge in [-0.25, -0.2) is 0 Å². The molecule has 82 valence electrons. The first kappa shape index (κ1) is 12.0. The summed E-state index contributed by atoms with van der Waals surface area (Å²) in [7, 11) is 0. The second kappa shape index (κ2) is 4.64. The maximum atomic E-state index is 11.8. The highest BCUT2D eigenvalue weighted by atomic mass is 35.5. The summed E-state index contributed by atoms with van der Waals surface area (Å²) in [6, 6.07) is 7.11. The Balaban J connectivity index is 2.80. The van der Waals surface area contributed by atoms with Crippen molar-refractivity contribution in [1.29, 1.82) is 0 Å². The predicted octanol–water partition coefficient (Wildman–Crippen LogP) is 2.26. The number of para-hydroxylation sites is 1. The van der Waals surface area contributed by atoms with Crippen LogP contribution >= 0.6 is 11.6 Å². The molecule has 1 aromatic carbocycles. The fourth-order valence-electron chi connectivity index (χ4n) is 0.947. The van der Waals surface area contributed by atoms with Crippen molar-refractivity contribution < 1.29 is 4.79 Å². The summed E-state index contributed by atoms with van der Waals surface area (Å²) in [5.74, 6) is -0.127. The van der Waals surface area contributed by atoms with Crippen LogP contribution in [-0.2, 0) is 4.79 Å². The van der Waals surface area contributed by atoms with Gasteiger partial charge in [0, 0.05) is 6.54 Å². The summed E-state index contributed by atoms with van der Waals surface area (Å²) in [6.45, 7) is 3.88. The third-order valence-electron chi connectivity index (χ3n) is 2.25. The average molecular weight is 227 g/mol. The van der Waals surface area contributed by atoms with Gasteiger partial charge in [0.25, 0.3) is 0 Å². The number of hydrogen-bond acceptors (Lipinski definition) is 2. The molecule has 0 radical (unpaired) electrons. The monoisotopic (exact) mass is 226 g/mol. The molecule has 0 aromatic heterocycles. The van der Waals surface area contributed by atoms with Crippen molar-refractivity contribution in [3.05, 3.63) is 29.3 Å². The predicted molar refractivity (Wildman–Crippen MR) is 62.9 cm³/mol. The minimum absolute atomic E-state index is 0.127. The van der Waals surface area contributed by atoms with Crippen molar-refractivity contribution >= 4 is 23.2 Å². The third-order valence-corrected chi connectivity index (χ3v) is 2.58. The molecule has 1 rings (SSSR count). The maximum absolute atomic E-state index is 11.8. The molecule has 0 saturated heterocycles. The van der Waals surface area contributed by atoms with E-state index in [1.165, 1.54) is 0 Å². The van der Waals surface area contributed by atoms with Crippen LogP contribution < -0.4 is 11.1 Å². The number of rotatable bonds is 3. The van der Waals surface area contributed by atoms with Crippen LogP contribution in [0.25, 0.3) is 0 Å². The SMILES string of the molecule is CC(C)(CN)C(=O)Nc1ccccc1Cl. The van der Waals surface area contributed by atoms with Crippen LogP contribution in [0.5, 0.6) is 0 Å². The highest BCUT2D eigenvalue weighted by Crippen LogP contribution is 2.23. The largest absolute Gasteiger partial charge is 0.329 e. The first-order valence-electron chi connectivity index (χ1n) is 4.73. The van der Waals surface area contributed by atoms with Crippen molar-refractivity contribution in [2.24, 2.45) is 11.1 Å². The van der Waals surface area contributed by atoms with Crippen LogP contribution in [0.4, 0.5) is 5.69 Å². The smallest absolute Gasteiger partial charge is 0.231 e. The van der Waals surface area contributed by atoms with E-state index < -0.39 is 5.41 Å². The lowest BCUT2D eigenvalue weighted by molar-refractivity contribution is -0.123. The quantitative estimate of drug-likeness (QED) is 0.831. The number of halogens is 1. The molecule has 0 heterocycles. The second-order valence-corrected chi connectivity index (χ2v) is 4.43. The van der Waals surface area contributed by atoms with Crippen molar-refractivity contribution in [3.63, 3.8) is 0 Å². The molecule has 15 heavy (non-hydrogen) atoms. The summed E-state index contributed by atoms with van der Waals surface area (Å²) in [6.07, 6.45) is 0. The molecule has 0 aliphatic carbocycles. The zero-order chi connectivity index (χ0) is 11.5. The highest BCUT2D eigenvalue weighted by Gasteiger charge is 2.26. The molecule has 0 bridgehead atoms. The Hall–Kier alpha value is -1.06. The molecule has 3 N–H and O–H groups in total. The topological polar surface area (TPSA) is 55.1 Å². The van der Waals surface area contributed by atoms with Crippen LogP contribution in [0.15, 0.2) is 24.3 Å². The maximum Gasteiger partial charge on any atom is 0.231 e. The molecule has 0 saturated carbocycles. The lowest BCUT2D eigenvalue weighted by Gasteiger charge is -2.21. The van der Waals surface area contributed by atoms with Crippen molar-refractivity contribution in [3.8, 4) is 0 Å². The molecule has 0 spiro atoms. The van der Waals surface area contributed by atoms with E-state index in [-0.39, 0.29) is 5.91 Å². The number of benzene rings is 1. The van der Waals surface area contributed by atoms with Gasteiger partial charge in [0.15, 0.2) is 0 Å². The zero-order valence-electron chi connectivity index (χ0n) is 8.88. The number of nitrogens with one attached hydrogen (secondary N) is 1. The van der Waals surface area contributed by atoms with Gasteiger partial charge in [-0.2, -0.15) is 0 Å². The number of nitrogens with two attached hydrogens (primary N) is 1. The van der Waals surface area contributed by atoms with E-state index in [9.17, 15) is 4.79 Å².